The fourth-order valence-corrected chi connectivity index (χ4v) is 2.40. The van der Waals surface area contributed by atoms with Crippen LogP contribution in [0.3, 0.4) is 0 Å². The number of rotatable bonds is 0. The van der Waals surface area contributed by atoms with Gasteiger partial charge in [-0.1, -0.05) is 0 Å². The van der Waals surface area contributed by atoms with Crippen LogP contribution in [0.2, 0.25) is 0 Å². The predicted molar refractivity (Wildman–Crippen MR) is 47.2 cm³/mol. The minimum absolute atomic E-state index is 0.0658. The second kappa shape index (κ2) is 2.72. The Hall–Kier alpha value is -1.14. The normalized spacial score (nSPS) is 21.6. The first-order valence-electron chi connectivity index (χ1n) is 3.80. The minimum Gasteiger partial charge on any atom is -0.308 e. The van der Waals surface area contributed by atoms with Crippen molar-refractivity contribution in [2.24, 2.45) is 0 Å². The van der Waals surface area contributed by atoms with Crippen LogP contribution in [0.5, 0.6) is 0 Å². The maximum absolute atomic E-state index is 11.3. The molecule has 0 N–H and O–H groups in total. The van der Waals surface area contributed by atoms with Crippen molar-refractivity contribution in [3.63, 3.8) is 0 Å². The van der Waals surface area contributed by atoms with Crippen LogP contribution < -0.4 is 0 Å². The summed E-state index contributed by atoms with van der Waals surface area (Å²) in [4.78, 5) is 15.6. The third-order valence-corrected chi connectivity index (χ3v) is 3.08. The van der Waals surface area contributed by atoms with E-state index in [0.29, 0.717) is 12.8 Å². The standard InChI is InChI=1S/C9H7NOS/c1-10-7-2-3-8(11)9-6(7)4-5-12-9/h4-5,7H,2-3H2. The molecular formula is C9H7NOS. The van der Waals surface area contributed by atoms with Gasteiger partial charge in [0.25, 0.3) is 6.04 Å². The summed E-state index contributed by atoms with van der Waals surface area (Å²) in [5.74, 6) is 0.208. The first-order chi connectivity index (χ1) is 5.83. The number of Topliss-reactive ketones (excluding diaryl/α,β-unsaturated/α-hetero) is 1. The number of carbonyl (C=O) groups excluding carboxylic acids is 1. The van der Waals surface area contributed by atoms with Crippen LogP contribution in [0.1, 0.15) is 34.1 Å². The summed E-state index contributed by atoms with van der Waals surface area (Å²) < 4.78 is 0. The predicted octanol–water partition coefficient (Wildman–Crippen LogP) is 2.68. The van der Waals surface area contributed by atoms with Crippen molar-refractivity contribution in [1.29, 1.82) is 0 Å². The smallest absolute Gasteiger partial charge is 0.250 e. The Morgan fingerprint density at radius 3 is 3.25 bits per heavy atom. The highest BCUT2D eigenvalue weighted by Crippen LogP contribution is 2.35. The number of nitrogens with zero attached hydrogens (tertiary/aromatic N) is 1. The molecule has 0 fully saturated rings. The Labute approximate surface area is 74.7 Å². The van der Waals surface area contributed by atoms with Crippen molar-refractivity contribution < 1.29 is 4.79 Å². The van der Waals surface area contributed by atoms with Crippen LogP contribution in [0.4, 0.5) is 0 Å². The number of fused-ring (bicyclic) bond motifs is 1. The Kier molecular flexibility index (Phi) is 1.70. The van der Waals surface area contributed by atoms with Crippen molar-refractivity contribution in [3.05, 3.63) is 33.3 Å². The zero-order valence-corrected chi connectivity index (χ0v) is 7.23. The molecule has 1 aliphatic carbocycles. The van der Waals surface area contributed by atoms with Gasteiger partial charge in [0.05, 0.1) is 10.4 Å². The topological polar surface area (TPSA) is 21.4 Å². The van der Waals surface area contributed by atoms with Gasteiger partial charge in [-0.05, 0) is 11.4 Å². The summed E-state index contributed by atoms with van der Waals surface area (Å²) >= 11 is 1.46. The molecule has 0 bridgehead atoms. The molecule has 1 aliphatic rings. The molecule has 1 heterocycles. The van der Waals surface area contributed by atoms with E-state index in [1.807, 2.05) is 11.4 Å². The average molecular weight is 177 g/mol. The van der Waals surface area contributed by atoms with Crippen LogP contribution in [-0.4, -0.2) is 5.78 Å². The van der Waals surface area contributed by atoms with E-state index < -0.39 is 0 Å². The third kappa shape index (κ3) is 0.961. The second-order valence-corrected chi connectivity index (χ2v) is 3.73. The lowest BCUT2D eigenvalue weighted by Gasteiger charge is -2.10. The van der Waals surface area contributed by atoms with E-state index in [1.54, 1.807) is 0 Å². The van der Waals surface area contributed by atoms with Crippen molar-refractivity contribution in [2.75, 3.05) is 0 Å². The number of hydrogen-bond acceptors (Lipinski definition) is 2. The van der Waals surface area contributed by atoms with E-state index >= 15 is 0 Å². The largest absolute Gasteiger partial charge is 0.308 e. The second-order valence-electron chi connectivity index (χ2n) is 2.81. The van der Waals surface area contributed by atoms with E-state index in [4.69, 9.17) is 6.57 Å². The molecule has 0 saturated heterocycles. The molecule has 12 heavy (non-hydrogen) atoms. The van der Waals surface area contributed by atoms with Crippen LogP contribution >= 0.6 is 11.3 Å². The lowest BCUT2D eigenvalue weighted by molar-refractivity contribution is 0.0974. The molecule has 0 radical (unpaired) electrons. The average Bonchev–Trinajstić information content (AvgIpc) is 2.54. The monoisotopic (exact) mass is 177 g/mol. The molecule has 1 unspecified atom stereocenters. The minimum atomic E-state index is -0.0658. The fourth-order valence-electron chi connectivity index (χ4n) is 1.48. The number of carbonyl (C=O) groups is 1. The van der Waals surface area contributed by atoms with E-state index in [1.165, 1.54) is 11.3 Å². The Morgan fingerprint density at radius 2 is 2.50 bits per heavy atom. The molecule has 1 aromatic heterocycles. The maximum atomic E-state index is 11.3. The summed E-state index contributed by atoms with van der Waals surface area (Å²) in [6.07, 6.45) is 1.24. The van der Waals surface area contributed by atoms with E-state index in [-0.39, 0.29) is 11.8 Å². The van der Waals surface area contributed by atoms with Crippen LogP contribution in [-0.2, 0) is 0 Å². The highest BCUT2D eigenvalue weighted by Gasteiger charge is 2.30. The summed E-state index contributed by atoms with van der Waals surface area (Å²) in [7, 11) is 0. The molecule has 1 aromatic rings. The molecule has 2 nitrogen and oxygen atoms in total. The van der Waals surface area contributed by atoms with Crippen molar-refractivity contribution in [1.82, 2.24) is 0 Å². The lowest BCUT2D eigenvalue weighted by Crippen LogP contribution is -2.10. The lowest BCUT2D eigenvalue weighted by atomic mass is 9.94. The molecule has 0 aromatic carbocycles. The van der Waals surface area contributed by atoms with Crippen molar-refractivity contribution in [3.8, 4) is 0 Å². The van der Waals surface area contributed by atoms with Gasteiger partial charge in [-0.15, -0.1) is 11.3 Å². The number of hydrogen-bond donors (Lipinski definition) is 0. The summed E-state index contributed by atoms with van der Waals surface area (Å²) in [5.41, 5.74) is 0.950. The third-order valence-electron chi connectivity index (χ3n) is 2.11. The van der Waals surface area contributed by atoms with Crippen molar-refractivity contribution >= 4 is 17.1 Å². The quantitative estimate of drug-likeness (QED) is 0.558. The zero-order chi connectivity index (χ0) is 8.55. The zero-order valence-electron chi connectivity index (χ0n) is 6.41. The molecular weight excluding hydrogens is 170 g/mol. The SMILES string of the molecule is [C-]#[N+]C1CCC(=O)c2sccc21. The first-order valence-corrected chi connectivity index (χ1v) is 4.68. The molecule has 0 aliphatic heterocycles. The van der Waals surface area contributed by atoms with Gasteiger partial charge < -0.3 is 4.85 Å². The van der Waals surface area contributed by atoms with Gasteiger partial charge in [-0.3, -0.25) is 4.79 Å². The van der Waals surface area contributed by atoms with Gasteiger partial charge in [0, 0.05) is 12.8 Å². The first kappa shape index (κ1) is 7.51. The van der Waals surface area contributed by atoms with Gasteiger partial charge in [-0.25, -0.2) is 6.57 Å². The van der Waals surface area contributed by atoms with Gasteiger partial charge in [-0.2, -0.15) is 0 Å². The van der Waals surface area contributed by atoms with Gasteiger partial charge in [0.15, 0.2) is 5.78 Å². The highest BCUT2D eigenvalue weighted by atomic mass is 32.1. The van der Waals surface area contributed by atoms with E-state index in [0.717, 1.165) is 10.4 Å². The Bertz CT molecular complexity index is 361. The van der Waals surface area contributed by atoms with Crippen LogP contribution in [0.15, 0.2) is 11.4 Å². The molecule has 60 valence electrons. The molecule has 2 rings (SSSR count). The summed E-state index contributed by atoms with van der Waals surface area (Å²) in [6.45, 7) is 6.95. The van der Waals surface area contributed by atoms with E-state index in [2.05, 4.69) is 4.85 Å². The maximum Gasteiger partial charge on any atom is 0.250 e. The number of thiophene rings is 1. The fraction of sp³-hybridized carbons (Fsp3) is 0.333. The van der Waals surface area contributed by atoms with Gasteiger partial charge in [0.2, 0.25) is 0 Å². The van der Waals surface area contributed by atoms with Crippen LogP contribution in [0, 0.1) is 6.57 Å². The Balaban J connectivity index is 2.51. The molecule has 1 atom stereocenters. The van der Waals surface area contributed by atoms with E-state index in [9.17, 15) is 4.79 Å². The molecule has 3 heteroatoms. The van der Waals surface area contributed by atoms with Crippen molar-refractivity contribution in [2.45, 2.75) is 18.9 Å². The highest BCUT2D eigenvalue weighted by molar-refractivity contribution is 7.12. The van der Waals surface area contributed by atoms with Crippen LogP contribution in [0.25, 0.3) is 4.85 Å². The summed E-state index contributed by atoms with van der Waals surface area (Å²) in [5, 5.41) is 1.89. The molecule has 0 saturated carbocycles. The van der Waals surface area contributed by atoms with Gasteiger partial charge >= 0.3 is 0 Å². The van der Waals surface area contributed by atoms with Gasteiger partial charge in [0.1, 0.15) is 0 Å². The summed E-state index contributed by atoms with van der Waals surface area (Å²) in [6, 6.07) is 1.84. The molecule has 0 spiro atoms. The molecule has 0 amide bonds. The Morgan fingerprint density at radius 1 is 1.67 bits per heavy atom. The number of ketones is 1.